The number of benzene rings is 1. The SMILES string of the molecule is CCCNC(C)Cc1c(F)cccc1Cl. The van der Waals surface area contributed by atoms with Crippen molar-refractivity contribution in [3.8, 4) is 0 Å². The molecular formula is C12H17ClFN. The third-order valence-corrected chi connectivity index (χ3v) is 2.67. The lowest BCUT2D eigenvalue weighted by atomic mass is 10.1. The minimum Gasteiger partial charge on any atom is -0.314 e. The molecule has 3 heteroatoms. The minimum atomic E-state index is -0.215. The van der Waals surface area contributed by atoms with Gasteiger partial charge in [-0.15, -0.1) is 0 Å². The molecule has 15 heavy (non-hydrogen) atoms. The maximum Gasteiger partial charge on any atom is 0.127 e. The minimum absolute atomic E-state index is 0.215. The molecule has 0 saturated carbocycles. The molecule has 0 bridgehead atoms. The van der Waals surface area contributed by atoms with Gasteiger partial charge in [0.1, 0.15) is 5.82 Å². The molecule has 1 rings (SSSR count). The number of rotatable bonds is 5. The van der Waals surface area contributed by atoms with Gasteiger partial charge in [-0.2, -0.15) is 0 Å². The summed E-state index contributed by atoms with van der Waals surface area (Å²) in [5.74, 6) is -0.215. The summed E-state index contributed by atoms with van der Waals surface area (Å²) < 4.78 is 13.4. The van der Waals surface area contributed by atoms with Gasteiger partial charge in [0.25, 0.3) is 0 Å². The second kappa shape index (κ2) is 6.09. The first kappa shape index (κ1) is 12.5. The van der Waals surface area contributed by atoms with Crippen LogP contribution in [0.3, 0.4) is 0 Å². The summed E-state index contributed by atoms with van der Waals surface area (Å²) in [6.45, 7) is 5.10. The van der Waals surface area contributed by atoms with Crippen LogP contribution >= 0.6 is 11.6 Å². The number of hydrogen-bond donors (Lipinski definition) is 1. The van der Waals surface area contributed by atoms with Gasteiger partial charge in [-0.05, 0) is 38.4 Å². The molecule has 0 heterocycles. The molecule has 0 aliphatic heterocycles. The van der Waals surface area contributed by atoms with Gasteiger partial charge in [0.2, 0.25) is 0 Å². The Morgan fingerprint density at radius 2 is 2.20 bits per heavy atom. The molecule has 0 aliphatic carbocycles. The molecular weight excluding hydrogens is 213 g/mol. The van der Waals surface area contributed by atoms with Gasteiger partial charge in [0.15, 0.2) is 0 Å². The van der Waals surface area contributed by atoms with Crippen LogP contribution in [0.25, 0.3) is 0 Å². The second-order valence-corrected chi connectivity index (χ2v) is 4.17. The Balaban J connectivity index is 2.63. The van der Waals surface area contributed by atoms with E-state index in [0.29, 0.717) is 17.0 Å². The summed E-state index contributed by atoms with van der Waals surface area (Å²) in [5, 5.41) is 3.82. The van der Waals surface area contributed by atoms with E-state index in [1.807, 2.05) is 6.92 Å². The van der Waals surface area contributed by atoms with E-state index < -0.39 is 0 Å². The van der Waals surface area contributed by atoms with E-state index >= 15 is 0 Å². The Bertz CT molecular complexity index is 294. The predicted molar refractivity (Wildman–Crippen MR) is 62.9 cm³/mol. The lowest BCUT2D eigenvalue weighted by Crippen LogP contribution is -2.29. The fourth-order valence-corrected chi connectivity index (χ4v) is 1.74. The molecule has 0 aliphatic rings. The van der Waals surface area contributed by atoms with Crippen LogP contribution in [-0.4, -0.2) is 12.6 Å². The fraction of sp³-hybridized carbons (Fsp3) is 0.500. The highest BCUT2D eigenvalue weighted by molar-refractivity contribution is 6.31. The van der Waals surface area contributed by atoms with Crippen molar-refractivity contribution in [1.29, 1.82) is 0 Å². The molecule has 0 fully saturated rings. The molecule has 0 aromatic heterocycles. The van der Waals surface area contributed by atoms with E-state index in [0.717, 1.165) is 13.0 Å². The van der Waals surface area contributed by atoms with Crippen molar-refractivity contribution >= 4 is 11.6 Å². The summed E-state index contributed by atoms with van der Waals surface area (Å²) in [5.41, 5.74) is 0.607. The van der Waals surface area contributed by atoms with E-state index in [-0.39, 0.29) is 11.9 Å². The number of halogens is 2. The topological polar surface area (TPSA) is 12.0 Å². The van der Waals surface area contributed by atoms with Crippen LogP contribution < -0.4 is 5.32 Å². The van der Waals surface area contributed by atoms with Gasteiger partial charge in [-0.1, -0.05) is 24.6 Å². The van der Waals surface area contributed by atoms with Crippen molar-refractivity contribution in [2.75, 3.05) is 6.54 Å². The monoisotopic (exact) mass is 229 g/mol. The number of hydrogen-bond acceptors (Lipinski definition) is 1. The van der Waals surface area contributed by atoms with Gasteiger partial charge < -0.3 is 5.32 Å². The zero-order valence-electron chi connectivity index (χ0n) is 9.19. The molecule has 0 spiro atoms. The van der Waals surface area contributed by atoms with Gasteiger partial charge in [-0.25, -0.2) is 4.39 Å². The third kappa shape index (κ3) is 3.80. The Morgan fingerprint density at radius 3 is 2.80 bits per heavy atom. The highest BCUT2D eigenvalue weighted by Gasteiger charge is 2.10. The Kier molecular flexibility index (Phi) is 5.06. The largest absolute Gasteiger partial charge is 0.314 e. The first-order valence-electron chi connectivity index (χ1n) is 5.31. The second-order valence-electron chi connectivity index (χ2n) is 3.76. The fourth-order valence-electron chi connectivity index (χ4n) is 1.50. The van der Waals surface area contributed by atoms with Crippen LogP contribution in [0.1, 0.15) is 25.8 Å². The lowest BCUT2D eigenvalue weighted by molar-refractivity contribution is 0.525. The standard InChI is InChI=1S/C12H17ClFN/c1-3-7-15-9(2)8-10-11(13)5-4-6-12(10)14/h4-6,9,15H,3,7-8H2,1-2H3. The summed E-state index contributed by atoms with van der Waals surface area (Å²) in [6, 6.07) is 5.06. The summed E-state index contributed by atoms with van der Waals surface area (Å²) in [6.07, 6.45) is 1.71. The summed E-state index contributed by atoms with van der Waals surface area (Å²) in [4.78, 5) is 0. The zero-order chi connectivity index (χ0) is 11.3. The Labute approximate surface area is 95.6 Å². The van der Waals surface area contributed by atoms with Crippen molar-refractivity contribution in [1.82, 2.24) is 5.32 Å². The third-order valence-electron chi connectivity index (χ3n) is 2.31. The predicted octanol–water partition coefficient (Wildman–Crippen LogP) is 3.41. The van der Waals surface area contributed by atoms with E-state index in [1.54, 1.807) is 12.1 Å². The Hall–Kier alpha value is -0.600. The molecule has 84 valence electrons. The quantitative estimate of drug-likeness (QED) is 0.816. The molecule has 1 nitrogen and oxygen atoms in total. The van der Waals surface area contributed by atoms with Crippen LogP contribution in [0.5, 0.6) is 0 Å². The van der Waals surface area contributed by atoms with Crippen LogP contribution in [0.4, 0.5) is 4.39 Å². The molecule has 1 N–H and O–H groups in total. The summed E-state index contributed by atoms with van der Waals surface area (Å²) in [7, 11) is 0. The normalized spacial score (nSPS) is 12.8. The molecule has 1 aromatic carbocycles. The Morgan fingerprint density at radius 1 is 1.47 bits per heavy atom. The maximum atomic E-state index is 13.4. The average molecular weight is 230 g/mol. The summed E-state index contributed by atoms with van der Waals surface area (Å²) >= 11 is 5.94. The van der Waals surface area contributed by atoms with Crippen LogP contribution in [0, 0.1) is 5.82 Å². The van der Waals surface area contributed by atoms with Gasteiger partial charge >= 0.3 is 0 Å². The smallest absolute Gasteiger partial charge is 0.127 e. The first-order valence-corrected chi connectivity index (χ1v) is 5.69. The van der Waals surface area contributed by atoms with Crippen LogP contribution in [-0.2, 0) is 6.42 Å². The van der Waals surface area contributed by atoms with E-state index in [2.05, 4.69) is 12.2 Å². The van der Waals surface area contributed by atoms with Crippen molar-refractivity contribution in [3.05, 3.63) is 34.6 Å². The average Bonchev–Trinajstić information content (AvgIpc) is 2.21. The molecule has 1 aromatic rings. The highest BCUT2D eigenvalue weighted by Crippen LogP contribution is 2.20. The van der Waals surface area contributed by atoms with Gasteiger partial charge in [0, 0.05) is 16.6 Å². The van der Waals surface area contributed by atoms with Crippen molar-refractivity contribution in [2.24, 2.45) is 0 Å². The molecule has 0 amide bonds. The first-order chi connectivity index (χ1) is 7.15. The van der Waals surface area contributed by atoms with E-state index in [1.165, 1.54) is 6.07 Å². The van der Waals surface area contributed by atoms with Gasteiger partial charge in [0.05, 0.1) is 0 Å². The number of nitrogens with one attached hydrogen (secondary N) is 1. The van der Waals surface area contributed by atoms with Crippen LogP contribution in [0.15, 0.2) is 18.2 Å². The van der Waals surface area contributed by atoms with E-state index in [9.17, 15) is 4.39 Å². The molecule has 0 radical (unpaired) electrons. The zero-order valence-corrected chi connectivity index (χ0v) is 9.94. The van der Waals surface area contributed by atoms with Crippen molar-refractivity contribution < 1.29 is 4.39 Å². The lowest BCUT2D eigenvalue weighted by Gasteiger charge is -2.14. The van der Waals surface area contributed by atoms with Crippen LogP contribution in [0.2, 0.25) is 5.02 Å². The highest BCUT2D eigenvalue weighted by atomic mass is 35.5. The van der Waals surface area contributed by atoms with Crippen molar-refractivity contribution in [2.45, 2.75) is 32.7 Å². The van der Waals surface area contributed by atoms with Crippen molar-refractivity contribution in [3.63, 3.8) is 0 Å². The van der Waals surface area contributed by atoms with Gasteiger partial charge in [-0.3, -0.25) is 0 Å². The molecule has 1 atom stereocenters. The van der Waals surface area contributed by atoms with E-state index in [4.69, 9.17) is 11.6 Å². The maximum absolute atomic E-state index is 13.4. The molecule has 0 saturated heterocycles. The molecule has 1 unspecified atom stereocenters.